The Hall–Kier alpha value is -1.81. The summed E-state index contributed by atoms with van der Waals surface area (Å²) in [5.41, 5.74) is 3.86. The van der Waals surface area contributed by atoms with Crippen LogP contribution >= 0.6 is 0 Å². The minimum atomic E-state index is 0.410. The van der Waals surface area contributed by atoms with Gasteiger partial charge in [0.25, 0.3) is 0 Å². The number of nitrogens with zero attached hydrogens (tertiary/aromatic N) is 4. The molecule has 4 nitrogen and oxygen atoms in total. The lowest BCUT2D eigenvalue weighted by Gasteiger charge is -2.36. The number of aryl methyl sites for hydroxylation is 1. The van der Waals surface area contributed by atoms with Crippen LogP contribution in [0, 0.1) is 5.92 Å². The van der Waals surface area contributed by atoms with Crippen molar-refractivity contribution in [2.75, 3.05) is 6.54 Å². The lowest BCUT2D eigenvalue weighted by Crippen LogP contribution is -2.34. The zero-order valence-corrected chi connectivity index (χ0v) is 13.4. The van der Waals surface area contributed by atoms with Crippen molar-refractivity contribution in [3.05, 3.63) is 53.9 Å². The molecule has 0 unspecified atom stereocenters. The molecule has 0 saturated carbocycles. The smallest absolute Gasteiger partial charge is 0.115 e. The van der Waals surface area contributed by atoms with E-state index in [2.05, 4.69) is 40.8 Å². The number of hydrogen-bond donors (Lipinski definition) is 0. The highest BCUT2D eigenvalue weighted by Crippen LogP contribution is 2.34. The Balaban J connectivity index is 1.86. The molecule has 2 aromatic heterocycles. The van der Waals surface area contributed by atoms with Gasteiger partial charge in [0.2, 0.25) is 0 Å². The summed E-state index contributed by atoms with van der Waals surface area (Å²) < 4.78 is 0. The fraction of sp³-hybridized carbons (Fsp3) is 0.500. The second kappa shape index (κ2) is 6.97. The highest BCUT2D eigenvalue weighted by Gasteiger charge is 2.27. The Morgan fingerprint density at radius 2 is 2.09 bits per heavy atom. The highest BCUT2D eigenvalue weighted by molar-refractivity contribution is 5.25. The molecular weight excluding hydrogens is 272 g/mol. The van der Waals surface area contributed by atoms with Crippen molar-refractivity contribution >= 4 is 0 Å². The molecule has 1 atom stereocenters. The van der Waals surface area contributed by atoms with Crippen LogP contribution in [0.4, 0.5) is 0 Å². The van der Waals surface area contributed by atoms with E-state index in [1.807, 2.05) is 18.6 Å². The van der Waals surface area contributed by atoms with Gasteiger partial charge in [0.15, 0.2) is 0 Å². The molecular formula is C18H24N4. The highest BCUT2D eigenvalue weighted by atomic mass is 15.2. The molecule has 1 aliphatic carbocycles. The van der Waals surface area contributed by atoms with Crippen LogP contribution in [0.15, 0.2) is 37.1 Å². The lowest BCUT2D eigenvalue weighted by molar-refractivity contribution is 0.147. The van der Waals surface area contributed by atoms with Crippen molar-refractivity contribution in [1.29, 1.82) is 0 Å². The minimum absolute atomic E-state index is 0.410. The summed E-state index contributed by atoms with van der Waals surface area (Å²) in [6.45, 7) is 6.50. The van der Waals surface area contributed by atoms with Crippen molar-refractivity contribution in [1.82, 2.24) is 19.9 Å². The molecule has 116 valence electrons. The molecule has 0 aliphatic heterocycles. The Morgan fingerprint density at radius 3 is 2.86 bits per heavy atom. The second-order valence-corrected chi connectivity index (χ2v) is 6.53. The van der Waals surface area contributed by atoms with Crippen LogP contribution in [0.5, 0.6) is 0 Å². The monoisotopic (exact) mass is 296 g/mol. The average Bonchev–Trinajstić information content (AvgIpc) is 2.54. The van der Waals surface area contributed by atoms with Gasteiger partial charge in [-0.3, -0.25) is 9.88 Å². The molecule has 0 spiro atoms. The molecule has 0 saturated heterocycles. The summed E-state index contributed by atoms with van der Waals surface area (Å²) in [6.07, 6.45) is 10.9. The third-order valence-corrected chi connectivity index (χ3v) is 4.21. The third-order valence-electron chi connectivity index (χ3n) is 4.21. The van der Waals surface area contributed by atoms with Gasteiger partial charge < -0.3 is 0 Å². The summed E-state index contributed by atoms with van der Waals surface area (Å²) in [5, 5.41) is 0. The zero-order valence-electron chi connectivity index (χ0n) is 13.4. The van der Waals surface area contributed by atoms with Gasteiger partial charge in [0, 0.05) is 37.2 Å². The van der Waals surface area contributed by atoms with Crippen molar-refractivity contribution < 1.29 is 0 Å². The summed E-state index contributed by atoms with van der Waals surface area (Å²) >= 11 is 0. The van der Waals surface area contributed by atoms with Crippen molar-refractivity contribution in [3.8, 4) is 0 Å². The van der Waals surface area contributed by atoms with E-state index < -0.39 is 0 Å². The molecule has 0 N–H and O–H groups in total. The predicted octanol–water partition coefficient (Wildman–Crippen LogP) is 3.41. The van der Waals surface area contributed by atoms with Crippen molar-refractivity contribution in [2.45, 2.75) is 45.7 Å². The largest absolute Gasteiger partial charge is 0.290 e. The lowest BCUT2D eigenvalue weighted by atomic mass is 9.90. The van der Waals surface area contributed by atoms with Gasteiger partial charge in [-0.25, -0.2) is 9.97 Å². The molecule has 0 bridgehead atoms. The SMILES string of the molecule is CC(C)CN(Cc1cncnc1)[C@@H]1CCCc2cccnc21. The van der Waals surface area contributed by atoms with Crippen LogP contribution in [0.3, 0.4) is 0 Å². The molecule has 4 heteroatoms. The van der Waals surface area contributed by atoms with E-state index in [0.717, 1.165) is 19.5 Å². The van der Waals surface area contributed by atoms with Crippen LogP contribution in [-0.2, 0) is 13.0 Å². The first-order valence-electron chi connectivity index (χ1n) is 8.15. The molecule has 0 amide bonds. The summed E-state index contributed by atoms with van der Waals surface area (Å²) in [5.74, 6) is 0.624. The number of pyridine rings is 1. The topological polar surface area (TPSA) is 41.9 Å². The molecule has 0 fully saturated rings. The van der Waals surface area contributed by atoms with Gasteiger partial charge in [0.05, 0.1) is 11.7 Å². The first-order chi connectivity index (χ1) is 10.7. The van der Waals surface area contributed by atoms with Crippen molar-refractivity contribution in [2.24, 2.45) is 5.92 Å². The van der Waals surface area contributed by atoms with E-state index in [1.54, 1.807) is 6.33 Å². The van der Waals surface area contributed by atoms with Crippen LogP contribution in [0.2, 0.25) is 0 Å². The maximum Gasteiger partial charge on any atom is 0.115 e. The first kappa shape index (κ1) is 15.1. The van der Waals surface area contributed by atoms with Gasteiger partial charge in [-0.1, -0.05) is 19.9 Å². The van der Waals surface area contributed by atoms with Gasteiger partial charge in [-0.2, -0.15) is 0 Å². The van der Waals surface area contributed by atoms with Gasteiger partial charge >= 0.3 is 0 Å². The van der Waals surface area contributed by atoms with Gasteiger partial charge in [-0.15, -0.1) is 0 Å². The van der Waals surface area contributed by atoms with Crippen LogP contribution in [0.25, 0.3) is 0 Å². The van der Waals surface area contributed by atoms with E-state index >= 15 is 0 Å². The Bertz CT molecular complexity index is 597. The second-order valence-electron chi connectivity index (χ2n) is 6.53. The summed E-state index contributed by atoms with van der Waals surface area (Å²) in [4.78, 5) is 15.6. The zero-order chi connectivity index (χ0) is 15.4. The number of hydrogen-bond acceptors (Lipinski definition) is 4. The number of aromatic nitrogens is 3. The molecule has 2 aromatic rings. The van der Waals surface area contributed by atoms with E-state index in [9.17, 15) is 0 Å². The number of rotatable bonds is 5. The normalized spacial score (nSPS) is 17.7. The fourth-order valence-corrected chi connectivity index (χ4v) is 3.36. The summed E-state index contributed by atoms with van der Waals surface area (Å²) in [7, 11) is 0. The Morgan fingerprint density at radius 1 is 1.27 bits per heavy atom. The standard InChI is InChI=1S/C18H24N4/c1-14(2)11-22(12-15-9-19-13-20-10-15)17-7-3-5-16-6-4-8-21-18(16)17/h4,6,8-10,13-14,17H,3,5,7,11-12H2,1-2H3/t17-/m1/s1. The molecule has 2 heterocycles. The maximum atomic E-state index is 4.70. The molecule has 22 heavy (non-hydrogen) atoms. The van der Waals surface area contributed by atoms with Crippen LogP contribution in [0.1, 0.15) is 49.6 Å². The van der Waals surface area contributed by atoms with Gasteiger partial charge in [-0.05, 0) is 36.8 Å². The Kier molecular flexibility index (Phi) is 4.78. The van der Waals surface area contributed by atoms with Crippen molar-refractivity contribution in [3.63, 3.8) is 0 Å². The van der Waals surface area contributed by atoms with Crippen LogP contribution in [-0.4, -0.2) is 26.4 Å². The van der Waals surface area contributed by atoms with E-state index in [4.69, 9.17) is 4.98 Å². The third kappa shape index (κ3) is 3.50. The molecule has 1 aliphatic rings. The maximum absolute atomic E-state index is 4.70. The number of fused-ring (bicyclic) bond motifs is 1. The summed E-state index contributed by atoms with van der Waals surface area (Å²) in [6, 6.07) is 4.69. The predicted molar refractivity (Wildman–Crippen MR) is 87.2 cm³/mol. The quantitative estimate of drug-likeness (QED) is 0.848. The molecule has 0 radical (unpaired) electrons. The van der Waals surface area contributed by atoms with Gasteiger partial charge in [0.1, 0.15) is 6.33 Å². The van der Waals surface area contributed by atoms with E-state index in [-0.39, 0.29) is 0 Å². The van der Waals surface area contributed by atoms with Crippen LogP contribution < -0.4 is 0 Å². The molecule has 0 aromatic carbocycles. The minimum Gasteiger partial charge on any atom is -0.290 e. The first-order valence-corrected chi connectivity index (χ1v) is 8.15. The molecule has 3 rings (SSSR count). The average molecular weight is 296 g/mol. The fourth-order valence-electron chi connectivity index (χ4n) is 3.36. The Labute approximate surface area is 132 Å². The van der Waals surface area contributed by atoms with E-state index in [0.29, 0.717) is 12.0 Å². The van der Waals surface area contributed by atoms with E-state index in [1.165, 1.54) is 29.7 Å².